The van der Waals surface area contributed by atoms with Crippen LogP contribution in [0.15, 0.2) is 36.9 Å². The Morgan fingerprint density at radius 1 is 1.45 bits per heavy atom. The van der Waals surface area contributed by atoms with Gasteiger partial charge in [-0.3, -0.25) is 0 Å². The van der Waals surface area contributed by atoms with E-state index in [0.717, 1.165) is 34.8 Å². The maximum absolute atomic E-state index is 9.23. The molecule has 0 aliphatic carbocycles. The first-order valence-corrected chi connectivity index (χ1v) is 7.71. The number of thioether (sulfide) groups is 1. The summed E-state index contributed by atoms with van der Waals surface area (Å²) in [4.78, 5) is 4.49. The van der Waals surface area contributed by atoms with Crippen LogP contribution in [-0.2, 0) is 0 Å². The van der Waals surface area contributed by atoms with Crippen molar-refractivity contribution in [2.24, 2.45) is 0 Å². The number of benzene rings is 1. The second kappa shape index (κ2) is 7.18. The van der Waals surface area contributed by atoms with Crippen LogP contribution < -0.4 is 5.32 Å². The molecule has 0 unspecified atom stereocenters. The Labute approximate surface area is 127 Å². The average Bonchev–Trinajstić information content (AvgIpc) is 2.46. The van der Waals surface area contributed by atoms with Gasteiger partial charge in [0.05, 0.1) is 17.1 Å². The zero-order chi connectivity index (χ0) is 14.4. The summed E-state index contributed by atoms with van der Waals surface area (Å²) >= 11 is 7.75. The van der Waals surface area contributed by atoms with Crippen LogP contribution in [0.2, 0.25) is 5.02 Å². The van der Waals surface area contributed by atoms with Gasteiger partial charge < -0.3 is 5.32 Å². The Balaban J connectivity index is 2.17. The van der Waals surface area contributed by atoms with E-state index in [1.54, 1.807) is 30.0 Å². The molecule has 2 aromatic rings. The van der Waals surface area contributed by atoms with E-state index in [4.69, 9.17) is 11.6 Å². The summed E-state index contributed by atoms with van der Waals surface area (Å²) in [6.45, 7) is 4.48. The van der Waals surface area contributed by atoms with Gasteiger partial charge in [0.1, 0.15) is 5.82 Å². The molecule has 20 heavy (non-hydrogen) atoms. The van der Waals surface area contributed by atoms with Gasteiger partial charge in [-0.25, -0.2) is 4.98 Å². The highest BCUT2D eigenvalue weighted by molar-refractivity contribution is 7.99. The smallest absolute Gasteiger partial charge is 0.128 e. The molecular weight excluding hydrogens is 290 g/mol. The molecule has 3 nitrogen and oxygen atoms in total. The zero-order valence-corrected chi connectivity index (χ0v) is 12.5. The third kappa shape index (κ3) is 3.66. The fourth-order valence-corrected chi connectivity index (χ4v) is 2.55. The predicted octanol–water partition coefficient (Wildman–Crippen LogP) is 4.09. The highest BCUT2D eigenvalue weighted by Gasteiger charge is 2.06. The highest BCUT2D eigenvalue weighted by Crippen LogP contribution is 2.23. The summed E-state index contributed by atoms with van der Waals surface area (Å²) in [5.41, 5.74) is 1.36. The van der Waals surface area contributed by atoms with Crippen LogP contribution in [0.4, 0.5) is 5.82 Å². The van der Waals surface area contributed by atoms with Crippen LogP contribution in [0.3, 0.4) is 0 Å². The molecule has 0 aliphatic rings. The summed E-state index contributed by atoms with van der Waals surface area (Å²) in [6.07, 6.45) is 1.89. The Morgan fingerprint density at radius 3 is 3.05 bits per heavy atom. The van der Waals surface area contributed by atoms with Gasteiger partial charge in [-0.1, -0.05) is 17.7 Å². The van der Waals surface area contributed by atoms with Crippen LogP contribution in [-0.4, -0.2) is 23.0 Å². The topological polar surface area (TPSA) is 48.7 Å². The first kappa shape index (κ1) is 14.7. The molecule has 1 N–H and O–H groups in total. The maximum atomic E-state index is 9.23. The van der Waals surface area contributed by atoms with Crippen molar-refractivity contribution >= 4 is 40.1 Å². The number of nitriles is 1. The number of pyridine rings is 1. The number of nitrogens with one attached hydrogen (secondary N) is 1. The normalized spacial score (nSPS) is 10.2. The van der Waals surface area contributed by atoms with Crippen molar-refractivity contribution in [3.05, 3.63) is 47.5 Å². The van der Waals surface area contributed by atoms with Crippen LogP contribution in [0.5, 0.6) is 0 Å². The molecule has 0 bridgehead atoms. The second-order valence-electron chi connectivity index (χ2n) is 4.12. The number of hydrogen-bond acceptors (Lipinski definition) is 4. The van der Waals surface area contributed by atoms with Crippen molar-refractivity contribution in [2.45, 2.75) is 0 Å². The molecule has 102 valence electrons. The Kier molecular flexibility index (Phi) is 5.28. The van der Waals surface area contributed by atoms with Crippen molar-refractivity contribution in [2.75, 3.05) is 23.4 Å². The number of fused-ring (bicyclic) bond motifs is 1. The molecule has 0 spiro atoms. The molecule has 0 atom stereocenters. The predicted molar refractivity (Wildman–Crippen MR) is 87.5 cm³/mol. The number of aromatic nitrogens is 1. The summed E-state index contributed by atoms with van der Waals surface area (Å²) in [6, 6.07) is 9.33. The summed E-state index contributed by atoms with van der Waals surface area (Å²) in [7, 11) is 0. The van der Waals surface area contributed by atoms with Crippen molar-refractivity contribution in [3.63, 3.8) is 0 Å². The van der Waals surface area contributed by atoms with Crippen LogP contribution in [0.25, 0.3) is 10.9 Å². The standard InChI is InChI=1S/C15H14ClN3S/c1-2-6-20-7-5-18-15-8-11(10-17)13-9-12(16)3-4-14(13)19-15/h2-4,8-9H,1,5-7H2,(H,18,19). The van der Waals surface area contributed by atoms with Gasteiger partial charge in [-0.2, -0.15) is 17.0 Å². The number of anilines is 1. The van der Waals surface area contributed by atoms with E-state index < -0.39 is 0 Å². The van der Waals surface area contributed by atoms with E-state index in [-0.39, 0.29) is 0 Å². The molecule has 5 heteroatoms. The number of hydrogen-bond donors (Lipinski definition) is 1. The first-order chi connectivity index (χ1) is 9.74. The minimum atomic E-state index is 0.582. The van der Waals surface area contributed by atoms with Gasteiger partial charge in [-0.15, -0.1) is 6.58 Å². The van der Waals surface area contributed by atoms with Crippen LogP contribution >= 0.6 is 23.4 Å². The molecule has 0 saturated carbocycles. The second-order valence-corrected chi connectivity index (χ2v) is 5.70. The lowest BCUT2D eigenvalue weighted by molar-refractivity contribution is 1.18. The van der Waals surface area contributed by atoms with Crippen LogP contribution in [0, 0.1) is 11.3 Å². The quantitative estimate of drug-likeness (QED) is 0.645. The van der Waals surface area contributed by atoms with Crippen molar-refractivity contribution in [1.29, 1.82) is 5.26 Å². The number of nitrogens with zero attached hydrogens (tertiary/aromatic N) is 2. The van der Waals surface area contributed by atoms with E-state index in [1.165, 1.54) is 0 Å². The highest BCUT2D eigenvalue weighted by atomic mass is 35.5. The third-order valence-electron chi connectivity index (χ3n) is 2.68. The van der Waals surface area contributed by atoms with E-state index in [1.807, 2.05) is 12.1 Å². The molecule has 0 radical (unpaired) electrons. The molecule has 1 heterocycles. The average molecular weight is 304 g/mol. The third-order valence-corrected chi connectivity index (χ3v) is 3.88. The molecular formula is C15H14ClN3S. The maximum Gasteiger partial charge on any atom is 0.128 e. The Hall–Kier alpha value is -1.70. The SMILES string of the molecule is C=CCSCCNc1cc(C#N)c2cc(Cl)ccc2n1. The minimum Gasteiger partial charge on any atom is -0.369 e. The zero-order valence-electron chi connectivity index (χ0n) is 10.9. The fraction of sp³-hybridized carbons (Fsp3) is 0.200. The lowest BCUT2D eigenvalue weighted by atomic mass is 10.1. The molecule has 0 aliphatic heterocycles. The van der Waals surface area contributed by atoms with Gasteiger partial charge in [0.2, 0.25) is 0 Å². The fourth-order valence-electron chi connectivity index (χ4n) is 1.80. The van der Waals surface area contributed by atoms with Gasteiger partial charge in [0.15, 0.2) is 0 Å². The molecule has 0 saturated heterocycles. The Morgan fingerprint density at radius 2 is 2.30 bits per heavy atom. The summed E-state index contributed by atoms with van der Waals surface area (Å²) in [5, 5.41) is 13.9. The summed E-state index contributed by atoms with van der Waals surface area (Å²) < 4.78 is 0. The van der Waals surface area contributed by atoms with E-state index >= 15 is 0 Å². The van der Waals surface area contributed by atoms with Gasteiger partial charge in [-0.05, 0) is 24.3 Å². The summed E-state index contributed by atoms with van der Waals surface area (Å²) in [5.74, 6) is 2.62. The first-order valence-electron chi connectivity index (χ1n) is 6.17. The van der Waals surface area contributed by atoms with Gasteiger partial charge in [0.25, 0.3) is 0 Å². The molecule has 1 aromatic heterocycles. The molecule has 0 amide bonds. The molecule has 1 aromatic carbocycles. The monoisotopic (exact) mass is 303 g/mol. The lowest BCUT2D eigenvalue weighted by Crippen LogP contribution is -2.06. The van der Waals surface area contributed by atoms with Crippen molar-refractivity contribution < 1.29 is 0 Å². The van der Waals surface area contributed by atoms with Gasteiger partial charge in [0, 0.05) is 28.5 Å². The molecule has 0 fully saturated rings. The van der Waals surface area contributed by atoms with Crippen molar-refractivity contribution in [3.8, 4) is 6.07 Å². The van der Waals surface area contributed by atoms with Gasteiger partial charge >= 0.3 is 0 Å². The Bertz CT molecular complexity index is 664. The van der Waals surface area contributed by atoms with E-state index in [2.05, 4.69) is 22.9 Å². The van der Waals surface area contributed by atoms with E-state index in [9.17, 15) is 5.26 Å². The van der Waals surface area contributed by atoms with E-state index in [0.29, 0.717) is 10.6 Å². The number of halogens is 1. The minimum absolute atomic E-state index is 0.582. The largest absolute Gasteiger partial charge is 0.369 e. The van der Waals surface area contributed by atoms with Crippen molar-refractivity contribution in [1.82, 2.24) is 4.98 Å². The molecule has 2 rings (SSSR count). The lowest BCUT2D eigenvalue weighted by Gasteiger charge is -2.08. The van der Waals surface area contributed by atoms with Crippen LogP contribution in [0.1, 0.15) is 5.56 Å². The number of rotatable bonds is 6.